The van der Waals surface area contributed by atoms with Crippen LogP contribution in [-0.4, -0.2) is 56.1 Å². The lowest BCUT2D eigenvalue weighted by Gasteiger charge is -2.66. The van der Waals surface area contributed by atoms with Crippen LogP contribution >= 0.6 is 0 Å². The van der Waals surface area contributed by atoms with Crippen LogP contribution in [0.4, 0.5) is 0 Å². The molecule has 0 aromatic heterocycles. The largest absolute Gasteiger partial charge is 0.396 e. The molecule has 0 amide bonds. The Morgan fingerprint density at radius 1 is 1.00 bits per heavy atom. The Kier molecular flexibility index (Phi) is 6.90. The van der Waals surface area contributed by atoms with Crippen molar-refractivity contribution in [3.63, 3.8) is 0 Å². The molecule has 4 aliphatic rings. The van der Waals surface area contributed by atoms with Crippen molar-refractivity contribution in [2.75, 3.05) is 6.61 Å². The van der Waals surface area contributed by atoms with Gasteiger partial charge in [0.2, 0.25) is 0 Å². The fourth-order valence-corrected chi connectivity index (χ4v) is 9.39. The molecule has 12 atom stereocenters. The number of rotatable bonds is 6. The lowest BCUT2D eigenvalue weighted by Crippen LogP contribution is -2.68. The Balaban J connectivity index is 1.57. The Morgan fingerprint density at radius 2 is 1.67 bits per heavy atom. The predicted octanol–water partition coefficient (Wildman–Crippen LogP) is 3.66. The number of aliphatic hydroxyl groups is 5. The van der Waals surface area contributed by atoms with Gasteiger partial charge in [0.15, 0.2) is 0 Å². The number of aliphatic hydroxyl groups excluding tert-OH is 4. The van der Waals surface area contributed by atoms with Crippen molar-refractivity contribution < 1.29 is 25.5 Å². The third kappa shape index (κ3) is 3.94. The molecule has 0 aromatic rings. The maximum atomic E-state index is 12.3. The van der Waals surface area contributed by atoms with E-state index in [9.17, 15) is 25.5 Å². The zero-order valence-corrected chi connectivity index (χ0v) is 21.2. The summed E-state index contributed by atoms with van der Waals surface area (Å²) in [6, 6.07) is 0. The molecule has 0 spiro atoms. The molecule has 0 bridgehead atoms. The molecule has 0 aromatic carbocycles. The summed E-state index contributed by atoms with van der Waals surface area (Å²) in [5.41, 5.74) is -0.344. The van der Waals surface area contributed by atoms with E-state index in [1.807, 2.05) is 6.92 Å². The van der Waals surface area contributed by atoms with Crippen LogP contribution in [0.15, 0.2) is 12.2 Å². The van der Waals surface area contributed by atoms with Gasteiger partial charge in [0.05, 0.1) is 23.9 Å². The first kappa shape index (κ1) is 25.6. The molecule has 4 rings (SSSR count). The first-order valence-electron chi connectivity index (χ1n) is 13.4. The molecule has 0 aliphatic heterocycles. The molecular weight excluding hydrogens is 416 g/mol. The lowest BCUT2D eigenvalue weighted by molar-refractivity contribution is -0.263. The summed E-state index contributed by atoms with van der Waals surface area (Å²) in [4.78, 5) is 0. The van der Waals surface area contributed by atoms with Gasteiger partial charge >= 0.3 is 0 Å². The van der Waals surface area contributed by atoms with Crippen LogP contribution in [0, 0.1) is 46.3 Å². The van der Waals surface area contributed by atoms with Gasteiger partial charge in [-0.05, 0) is 91.8 Å². The molecule has 0 saturated heterocycles. The quantitative estimate of drug-likeness (QED) is 0.386. The Labute approximate surface area is 200 Å². The summed E-state index contributed by atoms with van der Waals surface area (Å²) in [6.45, 7) is 13.1. The molecule has 0 heterocycles. The minimum atomic E-state index is -1.07. The van der Waals surface area contributed by atoms with Crippen LogP contribution in [0.25, 0.3) is 0 Å². The Hall–Kier alpha value is -0.460. The molecular formula is C28H48O5. The first-order chi connectivity index (χ1) is 15.4. The molecule has 0 radical (unpaired) electrons. The summed E-state index contributed by atoms with van der Waals surface area (Å²) in [5, 5.41) is 54.6. The third-order valence-corrected chi connectivity index (χ3v) is 11.3. The van der Waals surface area contributed by atoms with Crippen LogP contribution in [0.3, 0.4) is 0 Å². The summed E-state index contributed by atoms with van der Waals surface area (Å²) < 4.78 is 0. The summed E-state index contributed by atoms with van der Waals surface area (Å²) in [6.07, 6.45) is 5.40. The predicted molar refractivity (Wildman–Crippen MR) is 129 cm³/mol. The zero-order chi connectivity index (χ0) is 24.3. The van der Waals surface area contributed by atoms with Crippen molar-refractivity contribution in [1.29, 1.82) is 0 Å². The Bertz CT molecular complexity index is 740. The van der Waals surface area contributed by atoms with Crippen LogP contribution in [0.2, 0.25) is 0 Å². The molecule has 33 heavy (non-hydrogen) atoms. The molecule has 5 heteroatoms. The molecule has 4 fully saturated rings. The summed E-state index contributed by atoms with van der Waals surface area (Å²) >= 11 is 0. The van der Waals surface area contributed by atoms with Crippen molar-refractivity contribution in [1.82, 2.24) is 0 Å². The number of hydrogen-bond acceptors (Lipinski definition) is 5. The van der Waals surface area contributed by atoms with E-state index in [-0.39, 0.29) is 47.2 Å². The smallest absolute Gasteiger partial charge is 0.0763 e. The average Bonchev–Trinajstić information content (AvgIpc) is 3.03. The van der Waals surface area contributed by atoms with Crippen molar-refractivity contribution in [3.8, 4) is 0 Å². The van der Waals surface area contributed by atoms with E-state index in [2.05, 4.69) is 27.4 Å². The van der Waals surface area contributed by atoms with Crippen molar-refractivity contribution >= 4 is 0 Å². The van der Waals surface area contributed by atoms with Gasteiger partial charge in [-0.3, -0.25) is 0 Å². The topological polar surface area (TPSA) is 101 Å². The van der Waals surface area contributed by atoms with E-state index in [1.54, 1.807) is 0 Å². The molecule has 190 valence electrons. The highest BCUT2D eigenvalue weighted by molar-refractivity contribution is 5.20. The van der Waals surface area contributed by atoms with Gasteiger partial charge in [-0.15, -0.1) is 0 Å². The van der Waals surface area contributed by atoms with E-state index < -0.39 is 17.8 Å². The average molecular weight is 465 g/mol. The summed E-state index contributed by atoms with van der Waals surface area (Å²) in [5.74, 6) is 0.656. The zero-order valence-electron chi connectivity index (χ0n) is 21.2. The Morgan fingerprint density at radius 3 is 2.33 bits per heavy atom. The van der Waals surface area contributed by atoms with Crippen LogP contribution in [0.1, 0.15) is 85.5 Å². The molecule has 5 nitrogen and oxygen atoms in total. The second kappa shape index (κ2) is 8.89. The van der Waals surface area contributed by atoms with Gasteiger partial charge in [-0.25, -0.2) is 0 Å². The highest BCUT2D eigenvalue weighted by Gasteiger charge is 2.70. The maximum Gasteiger partial charge on any atom is 0.0763 e. The van der Waals surface area contributed by atoms with Crippen LogP contribution < -0.4 is 0 Å². The van der Waals surface area contributed by atoms with E-state index in [0.717, 1.165) is 44.1 Å². The maximum absolute atomic E-state index is 12.3. The normalized spacial score (nSPS) is 51.2. The van der Waals surface area contributed by atoms with Crippen molar-refractivity contribution in [3.05, 3.63) is 12.2 Å². The van der Waals surface area contributed by atoms with Crippen molar-refractivity contribution in [2.24, 2.45) is 46.3 Å². The number of fused-ring (bicyclic) bond motifs is 5. The minimum Gasteiger partial charge on any atom is -0.396 e. The standard InChI is InChI=1S/C28H48O5/c1-16(18(3)15-29)6-7-17(2)20-13-22(31)25-27(20,5)11-9-24-26(4)10-8-19(30)12-21(26)23(32)14-28(24,25)33/h17-25,29-33H,1,6-15H2,2-5H3/t17-,18-,19+,20-,21-,22-,23+,24-,25-,26+,27-,28+/m1/s1. The lowest BCUT2D eigenvalue weighted by atomic mass is 9.42. The SMILES string of the molecule is C=C(CC[C@@H](C)[C@H]1C[C@@H](O)[C@@H]2[C@]1(C)CC[C@@H]1[C@@]3(C)CC[C@H](O)C[C@@H]3[C@@H](O)C[C@]12O)[C@H](C)CO. The van der Waals surface area contributed by atoms with Crippen LogP contribution in [0.5, 0.6) is 0 Å². The van der Waals surface area contributed by atoms with Crippen LogP contribution in [-0.2, 0) is 0 Å². The van der Waals surface area contributed by atoms with Gasteiger partial charge in [0, 0.05) is 18.9 Å². The fraction of sp³-hybridized carbons (Fsp3) is 0.929. The second-order valence-corrected chi connectivity index (χ2v) is 13.0. The van der Waals surface area contributed by atoms with Gasteiger partial charge in [-0.1, -0.05) is 39.8 Å². The first-order valence-corrected chi connectivity index (χ1v) is 13.4. The van der Waals surface area contributed by atoms with Gasteiger partial charge in [0.25, 0.3) is 0 Å². The highest BCUT2D eigenvalue weighted by atomic mass is 16.3. The molecule has 4 saturated carbocycles. The van der Waals surface area contributed by atoms with Gasteiger partial charge in [-0.2, -0.15) is 0 Å². The van der Waals surface area contributed by atoms with E-state index in [0.29, 0.717) is 31.1 Å². The third-order valence-electron chi connectivity index (χ3n) is 11.3. The second-order valence-electron chi connectivity index (χ2n) is 13.0. The highest BCUT2D eigenvalue weighted by Crippen LogP contribution is 2.69. The van der Waals surface area contributed by atoms with E-state index >= 15 is 0 Å². The van der Waals surface area contributed by atoms with Gasteiger partial charge < -0.3 is 25.5 Å². The fourth-order valence-electron chi connectivity index (χ4n) is 9.39. The number of hydrogen-bond donors (Lipinski definition) is 5. The molecule has 0 unspecified atom stereocenters. The summed E-state index contributed by atoms with van der Waals surface area (Å²) in [7, 11) is 0. The monoisotopic (exact) mass is 464 g/mol. The van der Waals surface area contributed by atoms with Crippen molar-refractivity contribution in [2.45, 2.75) is 109 Å². The van der Waals surface area contributed by atoms with Gasteiger partial charge in [0.1, 0.15) is 0 Å². The van der Waals surface area contributed by atoms with E-state index in [1.165, 1.54) is 0 Å². The minimum absolute atomic E-state index is 0.0173. The molecule has 4 aliphatic carbocycles. The van der Waals surface area contributed by atoms with E-state index in [4.69, 9.17) is 0 Å². The molecule has 5 N–H and O–H groups in total.